The second-order valence-corrected chi connectivity index (χ2v) is 5.95. The van der Waals surface area contributed by atoms with E-state index < -0.39 is 21.7 Å². The van der Waals surface area contributed by atoms with Crippen LogP contribution in [0.25, 0.3) is 12.2 Å². The van der Waals surface area contributed by atoms with E-state index >= 15 is 0 Å². The van der Waals surface area contributed by atoms with Crippen molar-refractivity contribution in [1.82, 2.24) is 0 Å². The van der Waals surface area contributed by atoms with E-state index in [1.165, 1.54) is 48.6 Å². The van der Waals surface area contributed by atoms with Gasteiger partial charge in [0.05, 0.1) is 31.7 Å². The van der Waals surface area contributed by atoms with Gasteiger partial charge in [-0.05, 0) is 24.3 Å². The summed E-state index contributed by atoms with van der Waals surface area (Å²) in [6.45, 7) is 0. The van der Waals surface area contributed by atoms with Crippen molar-refractivity contribution < 1.29 is 19.4 Å². The Morgan fingerprint density at radius 2 is 1.07 bits per heavy atom. The van der Waals surface area contributed by atoms with Gasteiger partial charge in [0, 0.05) is 34.7 Å². The van der Waals surface area contributed by atoms with Gasteiger partial charge >= 0.3 is 0 Å². The molecule has 4 rings (SSSR count). The first-order chi connectivity index (χ1) is 13.3. The monoisotopic (exact) mass is 376 g/mol. The third-order valence-corrected chi connectivity index (χ3v) is 4.24. The largest absolute Gasteiger partial charge is 0.278 e. The fourth-order valence-corrected chi connectivity index (χ4v) is 2.91. The number of nitrogens with zero attached hydrogens (tertiary/aromatic N) is 4. The minimum Gasteiger partial charge on any atom is -0.267 e. The lowest BCUT2D eigenvalue weighted by molar-refractivity contribution is -0.385. The molecule has 0 aromatic heterocycles. The van der Waals surface area contributed by atoms with Crippen LogP contribution in [0.1, 0.15) is 0 Å². The molecule has 2 heterocycles. The molecular weight excluding hydrogens is 368 g/mol. The Balaban J connectivity index is 1.98. The first kappa shape index (κ1) is 17.1. The van der Waals surface area contributed by atoms with Gasteiger partial charge in [-0.2, -0.15) is 0 Å². The van der Waals surface area contributed by atoms with Gasteiger partial charge in [-0.3, -0.25) is 29.8 Å². The van der Waals surface area contributed by atoms with E-state index in [-0.39, 0.29) is 33.2 Å². The maximum absolute atomic E-state index is 12.4. The predicted octanol–water partition coefficient (Wildman–Crippen LogP) is -0.620. The molecule has 10 nitrogen and oxygen atoms in total. The van der Waals surface area contributed by atoms with E-state index in [1.807, 2.05) is 0 Å². The van der Waals surface area contributed by atoms with Gasteiger partial charge < -0.3 is 0 Å². The van der Waals surface area contributed by atoms with Gasteiger partial charge in [0.15, 0.2) is 0 Å². The van der Waals surface area contributed by atoms with Crippen molar-refractivity contribution >= 4 is 35.3 Å². The average Bonchev–Trinajstić information content (AvgIpc) is 2.66. The van der Waals surface area contributed by atoms with Crippen LogP contribution in [0.2, 0.25) is 0 Å². The van der Waals surface area contributed by atoms with Crippen LogP contribution in [0.4, 0.5) is 11.4 Å². The standard InChI is InChI=1S/C18H8N4O6/c23-17-13(7-9-5-11(21(25)26)1-3-15(9)19-17)14-8-10-6-12(22(27)28)2-4-16(10)20-18(14)24/h1-8H. The Labute approximate surface area is 154 Å². The molecule has 2 aromatic carbocycles. The van der Waals surface area contributed by atoms with Gasteiger partial charge in [0.2, 0.25) is 0 Å². The van der Waals surface area contributed by atoms with Crippen LogP contribution in [0.5, 0.6) is 0 Å². The highest BCUT2D eigenvalue weighted by molar-refractivity contribution is 6.15. The maximum atomic E-state index is 12.4. The highest BCUT2D eigenvalue weighted by Gasteiger charge is 2.22. The number of nitro benzene ring substituents is 2. The number of rotatable bonds is 2. The van der Waals surface area contributed by atoms with Crippen LogP contribution in [0.15, 0.2) is 57.5 Å². The Hall–Kier alpha value is -4.34. The highest BCUT2D eigenvalue weighted by Crippen LogP contribution is 2.16. The molecule has 0 saturated heterocycles. The molecule has 2 amide bonds. The van der Waals surface area contributed by atoms with E-state index in [0.29, 0.717) is 10.4 Å². The zero-order valence-electron chi connectivity index (χ0n) is 13.9. The van der Waals surface area contributed by atoms with E-state index in [9.17, 15) is 29.8 Å². The molecular formula is C18H8N4O6. The molecule has 136 valence electrons. The number of carbonyl (C=O) groups excluding carboxylic acids is 2. The smallest absolute Gasteiger partial charge is 0.267 e. The number of nitro groups is 2. The van der Waals surface area contributed by atoms with Crippen LogP contribution in [0.3, 0.4) is 0 Å². The van der Waals surface area contributed by atoms with Crippen LogP contribution in [-0.4, -0.2) is 21.7 Å². The molecule has 2 aliphatic rings. The topological polar surface area (TPSA) is 145 Å². The van der Waals surface area contributed by atoms with E-state index in [4.69, 9.17) is 0 Å². The Kier molecular flexibility index (Phi) is 3.74. The maximum Gasteiger partial charge on any atom is 0.278 e. The molecule has 0 N–H and O–H groups in total. The summed E-state index contributed by atoms with van der Waals surface area (Å²) in [6.07, 6.45) is 2.67. The number of benzene rings is 2. The highest BCUT2D eigenvalue weighted by atomic mass is 16.6. The van der Waals surface area contributed by atoms with E-state index in [0.717, 1.165) is 0 Å². The summed E-state index contributed by atoms with van der Waals surface area (Å²) in [4.78, 5) is 53.3. The SMILES string of the molecule is O=C1N=c2ccc([N+](=O)[O-])cc2=CC1=C1C=c2cc([N+](=O)[O-])ccc2=NC1=O. The molecule has 0 aliphatic carbocycles. The molecule has 28 heavy (non-hydrogen) atoms. The Bertz CT molecular complexity index is 1300. The number of amides is 2. The van der Waals surface area contributed by atoms with Crippen molar-refractivity contribution in [2.45, 2.75) is 0 Å². The molecule has 0 spiro atoms. The lowest BCUT2D eigenvalue weighted by Crippen LogP contribution is -2.34. The summed E-state index contributed by atoms with van der Waals surface area (Å²) in [5.41, 5.74) is -0.542. The number of carbonyl (C=O) groups is 2. The zero-order chi connectivity index (χ0) is 20.0. The first-order valence-corrected chi connectivity index (χ1v) is 7.86. The summed E-state index contributed by atoms with van der Waals surface area (Å²) in [7, 11) is 0. The Morgan fingerprint density at radius 1 is 0.679 bits per heavy atom. The molecule has 0 atom stereocenters. The lowest BCUT2D eigenvalue weighted by atomic mass is 10.00. The molecule has 0 unspecified atom stereocenters. The van der Waals surface area contributed by atoms with Gasteiger partial charge in [-0.25, -0.2) is 9.98 Å². The second-order valence-electron chi connectivity index (χ2n) is 5.95. The van der Waals surface area contributed by atoms with Crippen molar-refractivity contribution in [2.24, 2.45) is 9.98 Å². The molecule has 0 bridgehead atoms. The fraction of sp³-hybridized carbons (Fsp3) is 0. The lowest BCUT2D eigenvalue weighted by Gasteiger charge is -2.09. The number of fused-ring (bicyclic) bond motifs is 2. The molecule has 0 fully saturated rings. The summed E-state index contributed by atoms with van der Waals surface area (Å²) in [6, 6.07) is 7.63. The van der Waals surface area contributed by atoms with E-state index in [2.05, 4.69) is 9.98 Å². The average molecular weight is 376 g/mol. The van der Waals surface area contributed by atoms with Crippen LogP contribution >= 0.6 is 0 Å². The van der Waals surface area contributed by atoms with Crippen LogP contribution in [0, 0.1) is 20.2 Å². The molecule has 0 radical (unpaired) electrons. The van der Waals surface area contributed by atoms with Crippen LogP contribution < -0.4 is 21.2 Å². The van der Waals surface area contributed by atoms with Crippen molar-refractivity contribution in [3.8, 4) is 0 Å². The van der Waals surface area contributed by atoms with Crippen molar-refractivity contribution in [3.05, 3.63) is 88.9 Å². The van der Waals surface area contributed by atoms with Gasteiger partial charge in [0.1, 0.15) is 0 Å². The summed E-state index contributed by atoms with van der Waals surface area (Å²) in [5.74, 6) is -1.41. The number of hydrogen-bond acceptors (Lipinski definition) is 6. The Morgan fingerprint density at radius 3 is 1.43 bits per heavy atom. The molecule has 2 aromatic rings. The third kappa shape index (κ3) is 2.78. The minimum atomic E-state index is -0.704. The van der Waals surface area contributed by atoms with Crippen LogP contribution in [-0.2, 0) is 9.59 Å². The molecule has 0 saturated carbocycles. The second kappa shape index (κ2) is 6.13. The van der Waals surface area contributed by atoms with E-state index in [1.54, 1.807) is 0 Å². The predicted molar refractivity (Wildman–Crippen MR) is 93.7 cm³/mol. The van der Waals surface area contributed by atoms with Crippen molar-refractivity contribution in [3.63, 3.8) is 0 Å². The van der Waals surface area contributed by atoms with Gasteiger partial charge in [-0.15, -0.1) is 0 Å². The summed E-state index contributed by atoms with van der Waals surface area (Å²) < 4.78 is 0. The number of hydrogen-bond donors (Lipinski definition) is 0. The normalized spacial score (nSPS) is 17.3. The van der Waals surface area contributed by atoms with Crippen molar-refractivity contribution in [1.29, 1.82) is 0 Å². The minimum absolute atomic E-state index is 0.0843. The zero-order valence-corrected chi connectivity index (χ0v) is 13.9. The number of non-ortho nitro benzene ring substituents is 2. The molecule has 2 aliphatic heterocycles. The first-order valence-electron chi connectivity index (χ1n) is 7.86. The molecule has 10 heteroatoms. The quantitative estimate of drug-likeness (QED) is 0.388. The van der Waals surface area contributed by atoms with Gasteiger partial charge in [-0.1, -0.05) is 0 Å². The van der Waals surface area contributed by atoms with Gasteiger partial charge in [0.25, 0.3) is 23.2 Å². The summed E-state index contributed by atoms with van der Waals surface area (Å²) >= 11 is 0. The third-order valence-electron chi connectivity index (χ3n) is 4.24. The fourth-order valence-electron chi connectivity index (χ4n) is 2.91. The summed E-state index contributed by atoms with van der Waals surface area (Å²) in [5, 5.41) is 23.0. The van der Waals surface area contributed by atoms with Crippen molar-refractivity contribution in [2.75, 3.05) is 0 Å².